The zero-order valence-electron chi connectivity index (χ0n) is 11.6. The average molecular weight is 314 g/mol. The van der Waals surface area contributed by atoms with Crippen molar-refractivity contribution in [2.75, 3.05) is 11.9 Å². The number of imidazole rings is 1. The van der Waals surface area contributed by atoms with Crippen LogP contribution in [0.4, 0.5) is 5.95 Å². The van der Waals surface area contributed by atoms with Gasteiger partial charge in [0.25, 0.3) is 0 Å². The number of nitrogens with one attached hydrogen (secondary N) is 1. The Hall–Kier alpha value is -1.23. The van der Waals surface area contributed by atoms with E-state index in [1.807, 2.05) is 25.5 Å². The van der Waals surface area contributed by atoms with E-state index in [0.717, 1.165) is 22.9 Å². The van der Waals surface area contributed by atoms with Crippen molar-refractivity contribution in [1.82, 2.24) is 9.55 Å². The van der Waals surface area contributed by atoms with Crippen molar-refractivity contribution in [2.45, 2.75) is 20.0 Å². The van der Waals surface area contributed by atoms with Crippen LogP contribution in [-0.2, 0) is 7.05 Å². The maximum atomic E-state index is 10.2. The summed E-state index contributed by atoms with van der Waals surface area (Å²) >= 11 is 11.8. The van der Waals surface area contributed by atoms with E-state index in [9.17, 15) is 5.11 Å². The molecule has 0 amide bonds. The van der Waals surface area contributed by atoms with Crippen molar-refractivity contribution in [3.63, 3.8) is 0 Å². The Morgan fingerprint density at radius 2 is 2.00 bits per heavy atom. The van der Waals surface area contributed by atoms with E-state index < -0.39 is 6.10 Å². The van der Waals surface area contributed by atoms with Gasteiger partial charge in [0.1, 0.15) is 0 Å². The molecule has 6 heteroatoms. The molecule has 0 aliphatic heterocycles. The fraction of sp³-hybridized carbons (Fsp3) is 0.357. The molecule has 2 N–H and O–H groups in total. The molecule has 1 aromatic carbocycles. The fourth-order valence-corrected chi connectivity index (χ4v) is 2.21. The summed E-state index contributed by atoms with van der Waals surface area (Å²) < 4.78 is 1.96. The van der Waals surface area contributed by atoms with E-state index in [4.69, 9.17) is 23.2 Å². The monoisotopic (exact) mass is 313 g/mol. The molecule has 4 nitrogen and oxygen atoms in total. The van der Waals surface area contributed by atoms with Gasteiger partial charge in [-0.15, -0.1) is 0 Å². The van der Waals surface area contributed by atoms with Crippen molar-refractivity contribution in [1.29, 1.82) is 0 Å². The zero-order valence-corrected chi connectivity index (χ0v) is 13.1. The Morgan fingerprint density at radius 1 is 1.30 bits per heavy atom. The minimum absolute atomic E-state index is 0.349. The van der Waals surface area contributed by atoms with E-state index in [1.165, 1.54) is 0 Å². The van der Waals surface area contributed by atoms with Crippen molar-refractivity contribution < 1.29 is 5.11 Å². The first-order valence-electron chi connectivity index (χ1n) is 6.27. The van der Waals surface area contributed by atoms with E-state index >= 15 is 0 Å². The number of aromatic nitrogens is 2. The molecule has 0 aliphatic carbocycles. The Kier molecular flexibility index (Phi) is 4.58. The maximum absolute atomic E-state index is 10.2. The van der Waals surface area contributed by atoms with Gasteiger partial charge in [0.05, 0.1) is 21.8 Å². The summed E-state index contributed by atoms with van der Waals surface area (Å²) in [5.74, 6) is 0.735. The van der Waals surface area contributed by atoms with Gasteiger partial charge in [0, 0.05) is 19.3 Å². The highest BCUT2D eigenvalue weighted by molar-refractivity contribution is 6.42. The predicted molar refractivity (Wildman–Crippen MR) is 82.6 cm³/mol. The molecule has 0 aliphatic rings. The van der Waals surface area contributed by atoms with Gasteiger partial charge < -0.3 is 15.0 Å². The number of hydrogen-bond donors (Lipinski definition) is 2. The van der Waals surface area contributed by atoms with Gasteiger partial charge >= 0.3 is 0 Å². The number of hydrogen-bond acceptors (Lipinski definition) is 3. The summed E-state index contributed by atoms with van der Waals surface area (Å²) in [5.41, 5.74) is 2.78. The Morgan fingerprint density at radius 3 is 2.55 bits per heavy atom. The second-order valence-electron chi connectivity index (χ2n) is 4.74. The van der Waals surface area contributed by atoms with Crippen molar-refractivity contribution in [2.24, 2.45) is 7.05 Å². The second kappa shape index (κ2) is 6.04. The Balaban J connectivity index is 2.06. The highest BCUT2D eigenvalue weighted by Gasteiger charge is 2.12. The van der Waals surface area contributed by atoms with Gasteiger partial charge in [-0.05, 0) is 31.5 Å². The van der Waals surface area contributed by atoms with Crippen LogP contribution in [-0.4, -0.2) is 21.2 Å². The number of rotatable bonds is 4. The standard InChI is InChI=1S/C14H17Cl2N3O/c1-8-9(2)19(3)14(18-8)17-7-13(20)10-4-5-11(15)12(16)6-10/h4-6,13,20H,7H2,1-3H3,(H,17,18). The molecule has 20 heavy (non-hydrogen) atoms. The Bertz CT molecular complexity index is 625. The first-order valence-corrected chi connectivity index (χ1v) is 7.02. The molecule has 1 atom stereocenters. The van der Waals surface area contributed by atoms with Gasteiger partial charge in [-0.25, -0.2) is 4.98 Å². The van der Waals surface area contributed by atoms with Crippen LogP contribution in [0.3, 0.4) is 0 Å². The lowest BCUT2D eigenvalue weighted by Gasteiger charge is -2.13. The van der Waals surface area contributed by atoms with Crippen LogP contribution in [0.15, 0.2) is 18.2 Å². The van der Waals surface area contributed by atoms with E-state index in [0.29, 0.717) is 16.6 Å². The SMILES string of the molecule is Cc1nc(NCC(O)c2ccc(Cl)c(Cl)c2)n(C)c1C. The quantitative estimate of drug-likeness (QED) is 0.908. The molecular weight excluding hydrogens is 297 g/mol. The number of nitrogens with zero attached hydrogens (tertiary/aromatic N) is 2. The number of halogens is 2. The summed E-state index contributed by atoms with van der Waals surface area (Å²) in [4.78, 5) is 4.40. The number of aliphatic hydroxyl groups is 1. The second-order valence-corrected chi connectivity index (χ2v) is 5.55. The van der Waals surface area contributed by atoms with Crippen molar-refractivity contribution in [3.05, 3.63) is 45.2 Å². The number of anilines is 1. The van der Waals surface area contributed by atoms with Crippen LogP contribution in [0.5, 0.6) is 0 Å². The molecule has 0 spiro atoms. The minimum Gasteiger partial charge on any atom is -0.387 e. The lowest BCUT2D eigenvalue weighted by Crippen LogP contribution is -2.14. The van der Waals surface area contributed by atoms with Crippen LogP contribution in [0.1, 0.15) is 23.1 Å². The van der Waals surface area contributed by atoms with Crippen molar-refractivity contribution >= 4 is 29.2 Å². The van der Waals surface area contributed by atoms with Crippen molar-refractivity contribution in [3.8, 4) is 0 Å². The molecule has 1 heterocycles. The third-order valence-electron chi connectivity index (χ3n) is 3.40. The number of aryl methyl sites for hydroxylation is 1. The largest absolute Gasteiger partial charge is 0.387 e. The molecule has 1 aromatic heterocycles. The molecule has 0 fully saturated rings. The highest BCUT2D eigenvalue weighted by atomic mass is 35.5. The summed E-state index contributed by atoms with van der Waals surface area (Å²) in [7, 11) is 1.93. The third-order valence-corrected chi connectivity index (χ3v) is 4.14. The van der Waals surface area contributed by atoms with Gasteiger partial charge in [-0.1, -0.05) is 29.3 Å². The summed E-state index contributed by atoms with van der Waals surface area (Å²) in [5, 5.41) is 14.2. The molecule has 2 rings (SSSR count). The number of benzene rings is 1. The Labute approximate surface area is 128 Å². The molecule has 0 saturated carbocycles. The van der Waals surface area contributed by atoms with Crippen LogP contribution < -0.4 is 5.32 Å². The third kappa shape index (κ3) is 3.08. The summed E-state index contributed by atoms with van der Waals surface area (Å²) in [6.45, 7) is 4.31. The van der Waals surface area contributed by atoms with Crippen LogP contribution in [0, 0.1) is 13.8 Å². The van der Waals surface area contributed by atoms with E-state index in [-0.39, 0.29) is 0 Å². The molecular formula is C14H17Cl2N3O. The zero-order chi connectivity index (χ0) is 14.9. The van der Waals surface area contributed by atoms with Gasteiger partial charge in [-0.2, -0.15) is 0 Å². The lowest BCUT2D eigenvalue weighted by atomic mass is 10.1. The molecule has 1 unspecified atom stereocenters. The topological polar surface area (TPSA) is 50.1 Å². The van der Waals surface area contributed by atoms with Gasteiger partial charge in [-0.3, -0.25) is 0 Å². The van der Waals surface area contributed by atoms with E-state index in [2.05, 4.69) is 10.3 Å². The minimum atomic E-state index is -0.679. The van der Waals surface area contributed by atoms with Crippen LogP contribution in [0.25, 0.3) is 0 Å². The summed E-state index contributed by atoms with van der Waals surface area (Å²) in [6.07, 6.45) is -0.679. The van der Waals surface area contributed by atoms with E-state index in [1.54, 1.807) is 18.2 Å². The first-order chi connectivity index (χ1) is 9.40. The molecule has 0 saturated heterocycles. The van der Waals surface area contributed by atoms with Gasteiger partial charge in [0.2, 0.25) is 5.95 Å². The maximum Gasteiger partial charge on any atom is 0.203 e. The smallest absolute Gasteiger partial charge is 0.203 e. The predicted octanol–water partition coefficient (Wildman–Crippen LogP) is 3.49. The van der Waals surface area contributed by atoms with Crippen LogP contribution >= 0.6 is 23.2 Å². The lowest BCUT2D eigenvalue weighted by molar-refractivity contribution is 0.191. The average Bonchev–Trinajstić information content (AvgIpc) is 2.66. The first kappa shape index (κ1) is 15.2. The molecule has 2 aromatic rings. The summed E-state index contributed by atoms with van der Waals surface area (Å²) in [6, 6.07) is 5.11. The number of aliphatic hydroxyl groups excluding tert-OH is 1. The normalized spacial score (nSPS) is 12.5. The fourth-order valence-electron chi connectivity index (χ4n) is 1.90. The van der Waals surface area contributed by atoms with Gasteiger partial charge in [0.15, 0.2) is 0 Å². The molecule has 108 valence electrons. The molecule has 0 radical (unpaired) electrons. The highest BCUT2D eigenvalue weighted by Crippen LogP contribution is 2.25. The van der Waals surface area contributed by atoms with Crippen LogP contribution in [0.2, 0.25) is 10.0 Å². The molecule has 0 bridgehead atoms.